The van der Waals surface area contributed by atoms with Gasteiger partial charge in [0.05, 0.1) is 18.1 Å². The van der Waals surface area contributed by atoms with Gasteiger partial charge in [-0.3, -0.25) is 10.1 Å². The molecule has 2 N–H and O–H groups in total. The minimum Gasteiger partial charge on any atom is -0.490 e. The first-order chi connectivity index (χ1) is 8.58. The molecule has 0 saturated carbocycles. The lowest BCUT2D eigenvalue weighted by Crippen LogP contribution is -2.18. The smallest absolute Gasteiger partial charge is 0.311 e. The minimum absolute atomic E-state index is 0.0721. The number of aliphatic hydroxyl groups is 1. The standard InChI is InChI=1S/C12H18N2O4/c1-3-4-10(15)8-13-9-5-6-11(14(16)17)12(7-9)18-2/h5-7,10,13,15H,3-4,8H2,1-2H3. The largest absolute Gasteiger partial charge is 0.490 e. The maximum Gasteiger partial charge on any atom is 0.311 e. The summed E-state index contributed by atoms with van der Waals surface area (Å²) in [6.45, 7) is 2.41. The second kappa shape index (κ2) is 6.80. The molecule has 1 aromatic rings. The number of hydrogen-bond donors (Lipinski definition) is 2. The van der Waals surface area contributed by atoms with Gasteiger partial charge >= 0.3 is 5.69 Å². The summed E-state index contributed by atoms with van der Waals surface area (Å²) in [6, 6.07) is 4.53. The van der Waals surface area contributed by atoms with E-state index in [2.05, 4.69) is 5.32 Å². The van der Waals surface area contributed by atoms with Gasteiger partial charge in [0.15, 0.2) is 5.75 Å². The summed E-state index contributed by atoms with van der Waals surface area (Å²) in [5.74, 6) is 0.204. The summed E-state index contributed by atoms with van der Waals surface area (Å²) in [6.07, 6.45) is 1.21. The highest BCUT2D eigenvalue weighted by atomic mass is 16.6. The van der Waals surface area contributed by atoms with Crippen LogP contribution in [-0.4, -0.2) is 29.8 Å². The lowest BCUT2D eigenvalue weighted by Gasteiger charge is -2.12. The van der Waals surface area contributed by atoms with Gasteiger partial charge in [-0.05, 0) is 12.5 Å². The van der Waals surface area contributed by atoms with Crippen LogP contribution in [0.1, 0.15) is 19.8 Å². The summed E-state index contributed by atoms with van der Waals surface area (Å²) in [7, 11) is 1.39. The van der Waals surface area contributed by atoms with Crippen molar-refractivity contribution in [2.24, 2.45) is 0 Å². The Bertz CT molecular complexity index is 409. The molecule has 0 aliphatic rings. The molecule has 0 aromatic heterocycles. The number of nitro groups is 1. The summed E-state index contributed by atoms with van der Waals surface area (Å²) >= 11 is 0. The van der Waals surface area contributed by atoms with Crippen molar-refractivity contribution in [2.45, 2.75) is 25.9 Å². The minimum atomic E-state index is -0.492. The van der Waals surface area contributed by atoms with Crippen molar-refractivity contribution in [3.05, 3.63) is 28.3 Å². The molecule has 1 unspecified atom stereocenters. The van der Waals surface area contributed by atoms with Gasteiger partial charge in [0, 0.05) is 24.4 Å². The predicted molar refractivity (Wildman–Crippen MR) is 69.1 cm³/mol. The van der Waals surface area contributed by atoms with Gasteiger partial charge in [0.1, 0.15) is 0 Å². The topological polar surface area (TPSA) is 84.6 Å². The van der Waals surface area contributed by atoms with Crippen LogP contribution >= 0.6 is 0 Å². The average Bonchev–Trinajstić information content (AvgIpc) is 2.36. The van der Waals surface area contributed by atoms with Crippen LogP contribution in [0.5, 0.6) is 5.75 Å². The first-order valence-electron chi connectivity index (χ1n) is 5.82. The van der Waals surface area contributed by atoms with E-state index in [9.17, 15) is 15.2 Å². The third kappa shape index (κ3) is 3.89. The normalized spacial score (nSPS) is 11.9. The van der Waals surface area contributed by atoms with Gasteiger partial charge in [0.2, 0.25) is 0 Å². The van der Waals surface area contributed by atoms with E-state index in [1.165, 1.54) is 13.2 Å². The van der Waals surface area contributed by atoms with Crippen molar-refractivity contribution in [3.63, 3.8) is 0 Å². The molecule has 0 spiro atoms. The Morgan fingerprint density at radius 1 is 1.56 bits per heavy atom. The van der Waals surface area contributed by atoms with E-state index in [1.54, 1.807) is 12.1 Å². The van der Waals surface area contributed by atoms with E-state index in [1.807, 2.05) is 6.92 Å². The van der Waals surface area contributed by atoms with Crippen molar-refractivity contribution in [1.82, 2.24) is 0 Å². The SMILES string of the molecule is CCCC(O)CNc1ccc([N+](=O)[O-])c(OC)c1. The highest BCUT2D eigenvalue weighted by molar-refractivity contribution is 5.57. The fourth-order valence-corrected chi connectivity index (χ4v) is 1.61. The molecule has 0 aliphatic carbocycles. The van der Waals surface area contributed by atoms with Crippen LogP contribution in [0.4, 0.5) is 11.4 Å². The van der Waals surface area contributed by atoms with Crippen molar-refractivity contribution < 1.29 is 14.8 Å². The van der Waals surface area contributed by atoms with Gasteiger partial charge in [-0.15, -0.1) is 0 Å². The van der Waals surface area contributed by atoms with E-state index in [4.69, 9.17) is 4.74 Å². The van der Waals surface area contributed by atoms with Gasteiger partial charge in [-0.25, -0.2) is 0 Å². The van der Waals surface area contributed by atoms with Gasteiger partial charge in [-0.1, -0.05) is 13.3 Å². The van der Waals surface area contributed by atoms with E-state index in [0.29, 0.717) is 12.2 Å². The Balaban J connectivity index is 2.71. The Hall–Kier alpha value is -1.82. The zero-order chi connectivity index (χ0) is 13.5. The maximum atomic E-state index is 10.7. The molecule has 1 aromatic carbocycles. The van der Waals surface area contributed by atoms with Gasteiger partial charge in [0.25, 0.3) is 0 Å². The molecule has 0 aliphatic heterocycles. The predicted octanol–water partition coefficient (Wildman–Crippen LogP) is 2.18. The molecule has 6 heteroatoms. The van der Waals surface area contributed by atoms with Crippen LogP contribution < -0.4 is 10.1 Å². The third-order valence-corrected chi connectivity index (χ3v) is 2.54. The van der Waals surface area contributed by atoms with Crippen molar-refractivity contribution >= 4 is 11.4 Å². The number of anilines is 1. The molecule has 18 heavy (non-hydrogen) atoms. The lowest BCUT2D eigenvalue weighted by atomic mass is 10.2. The summed E-state index contributed by atoms with van der Waals surface area (Å²) < 4.78 is 4.96. The maximum absolute atomic E-state index is 10.7. The number of nitro benzene ring substituents is 1. The van der Waals surface area contributed by atoms with Crippen LogP contribution in [-0.2, 0) is 0 Å². The Morgan fingerprint density at radius 2 is 2.28 bits per heavy atom. The second-order valence-corrected chi connectivity index (χ2v) is 3.97. The molecular formula is C12H18N2O4. The van der Waals surface area contributed by atoms with E-state index in [0.717, 1.165) is 12.8 Å². The molecule has 0 saturated heterocycles. The highest BCUT2D eigenvalue weighted by Gasteiger charge is 2.14. The number of ether oxygens (including phenoxy) is 1. The molecule has 1 rings (SSSR count). The van der Waals surface area contributed by atoms with Crippen molar-refractivity contribution in [2.75, 3.05) is 19.0 Å². The molecule has 100 valence electrons. The number of benzene rings is 1. The molecule has 1 atom stereocenters. The van der Waals surface area contributed by atoms with Crippen molar-refractivity contribution in [1.29, 1.82) is 0 Å². The fraction of sp³-hybridized carbons (Fsp3) is 0.500. The Kier molecular flexibility index (Phi) is 5.38. The summed E-state index contributed by atoms with van der Waals surface area (Å²) in [4.78, 5) is 10.2. The first-order valence-corrected chi connectivity index (χ1v) is 5.82. The van der Waals surface area contributed by atoms with E-state index >= 15 is 0 Å². The van der Waals surface area contributed by atoms with Gasteiger partial charge in [-0.2, -0.15) is 0 Å². The molecule has 0 heterocycles. The molecule has 0 bridgehead atoms. The van der Waals surface area contributed by atoms with E-state index in [-0.39, 0.29) is 11.4 Å². The monoisotopic (exact) mass is 254 g/mol. The average molecular weight is 254 g/mol. The number of nitrogens with zero attached hydrogens (tertiary/aromatic N) is 1. The molecular weight excluding hydrogens is 236 g/mol. The zero-order valence-electron chi connectivity index (χ0n) is 10.5. The van der Waals surface area contributed by atoms with Gasteiger partial charge < -0.3 is 15.2 Å². The summed E-state index contributed by atoms with van der Waals surface area (Å²) in [5, 5.41) is 23.3. The van der Waals surface area contributed by atoms with Crippen LogP contribution in [0, 0.1) is 10.1 Å². The van der Waals surface area contributed by atoms with Crippen LogP contribution in [0.25, 0.3) is 0 Å². The Morgan fingerprint density at radius 3 is 2.83 bits per heavy atom. The first kappa shape index (κ1) is 14.2. The number of rotatable bonds is 7. The molecule has 0 fully saturated rings. The number of hydrogen-bond acceptors (Lipinski definition) is 5. The summed E-state index contributed by atoms with van der Waals surface area (Å²) in [5.41, 5.74) is 0.616. The molecule has 0 amide bonds. The number of nitrogens with one attached hydrogen (secondary N) is 1. The Labute approximate surface area is 106 Å². The fourth-order valence-electron chi connectivity index (χ4n) is 1.61. The van der Waals surface area contributed by atoms with Crippen LogP contribution in [0.2, 0.25) is 0 Å². The van der Waals surface area contributed by atoms with E-state index < -0.39 is 11.0 Å². The highest BCUT2D eigenvalue weighted by Crippen LogP contribution is 2.29. The third-order valence-electron chi connectivity index (χ3n) is 2.54. The molecule has 6 nitrogen and oxygen atoms in total. The second-order valence-electron chi connectivity index (χ2n) is 3.97. The lowest BCUT2D eigenvalue weighted by molar-refractivity contribution is -0.385. The number of methoxy groups -OCH3 is 1. The van der Waals surface area contributed by atoms with Crippen molar-refractivity contribution in [3.8, 4) is 5.75 Å². The zero-order valence-corrected chi connectivity index (χ0v) is 10.5. The number of aliphatic hydroxyl groups excluding tert-OH is 1. The quantitative estimate of drug-likeness (QED) is 0.575. The van der Waals surface area contributed by atoms with Crippen LogP contribution in [0.15, 0.2) is 18.2 Å². The van der Waals surface area contributed by atoms with Crippen LogP contribution in [0.3, 0.4) is 0 Å². The molecule has 0 radical (unpaired) electrons.